The van der Waals surface area contributed by atoms with Crippen LogP contribution in [0.15, 0.2) is 24.3 Å². The SMILES string of the molecule is CC.CC(=O)CCNC(=O)CCc1ccc(NC(C)=O)cc1. The van der Waals surface area contributed by atoms with E-state index in [9.17, 15) is 14.4 Å². The highest BCUT2D eigenvalue weighted by atomic mass is 16.2. The summed E-state index contributed by atoms with van der Waals surface area (Å²) < 4.78 is 0. The van der Waals surface area contributed by atoms with Crippen molar-refractivity contribution in [3.8, 4) is 0 Å². The summed E-state index contributed by atoms with van der Waals surface area (Å²) in [4.78, 5) is 33.1. The van der Waals surface area contributed by atoms with Gasteiger partial charge in [-0.25, -0.2) is 0 Å². The van der Waals surface area contributed by atoms with Gasteiger partial charge in [0.25, 0.3) is 0 Å². The molecule has 0 radical (unpaired) electrons. The van der Waals surface area contributed by atoms with E-state index in [1.165, 1.54) is 13.8 Å². The molecular weight excluding hydrogens is 280 g/mol. The van der Waals surface area contributed by atoms with Crippen molar-refractivity contribution in [3.63, 3.8) is 0 Å². The molecule has 5 heteroatoms. The van der Waals surface area contributed by atoms with Crippen LogP contribution < -0.4 is 10.6 Å². The van der Waals surface area contributed by atoms with E-state index in [-0.39, 0.29) is 17.6 Å². The number of ketones is 1. The summed E-state index contributed by atoms with van der Waals surface area (Å²) in [6.07, 6.45) is 1.39. The Labute approximate surface area is 132 Å². The number of nitrogens with one attached hydrogen (secondary N) is 2. The summed E-state index contributed by atoms with van der Waals surface area (Å²) in [5.74, 6) is -0.0985. The van der Waals surface area contributed by atoms with Crippen LogP contribution in [0.4, 0.5) is 5.69 Å². The molecule has 0 fully saturated rings. The van der Waals surface area contributed by atoms with Crippen molar-refractivity contribution in [3.05, 3.63) is 29.8 Å². The molecule has 1 rings (SSSR count). The Morgan fingerprint density at radius 1 is 0.955 bits per heavy atom. The van der Waals surface area contributed by atoms with Crippen molar-refractivity contribution in [1.82, 2.24) is 5.32 Å². The second kappa shape index (κ2) is 11.5. The second-order valence-corrected chi connectivity index (χ2v) is 4.68. The van der Waals surface area contributed by atoms with E-state index in [0.717, 1.165) is 11.3 Å². The van der Waals surface area contributed by atoms with Crippen LogP contribution in [0.2, 0.25) is 0 Å². The summed E-state index contributed by atoms with van der Waals surface area (Å²) in [5.41, 5.74) is 1.77. The van der Waals surface area contributed by atoms with Gasteiger partial charge in [0.1, 0.15) is 5.78 Å². The van der Waals surface area contributed by atoms with Crippen LogP contribution >= 0.6 is 0 Å². The van der Waals surface area contributed by atoms with Crippen molar-refractivity contribution < 1.29 is 14.4 Å². The Balaban J connectivity index is 0.00000211. The molecule has 122 valence electrons. The maximum Gasteiger partial charge on any atom is 0.221 e. The minimum Gasteiger partial charge on any atom is -0.356 e. The first-order valence-corrected chi connectivity index (χ1v) is 7.60. The molecule has 0 aliphatic carbocycles. The van der Waals surface area contributed by atoms with Gasteiger partial charge in [0, 0.05) is 32.0 Å². The lowest BCUT2D eigenvalue weighted by molar-refractivity contribution is -0.121. The fourth-order valence-electron chi connectivity index (χ4n) is 1.68. The number of hydrogen-bond acceptors (Lipinski definition) is 3. The molecular formula is C17H26N2O3. The zero-order chi connectivity index (χ0) is 17.0. The third kappa shape index (κ3) is 9.69. The molecule has 2 amide bonds. The molecule has 0 aromatic heterocycles. The molecule has 0 heterocycles. The monoisotopic (exact) mass is 306 g/mol. The van der Waals surface area contributed by atoms with Gasteiger partial charge in [0.2, 0.25) is 11.8 Å². The summed E-state index contributed by atoms with van der Waals surface area (Å²) in [7, 11) is 0. The lowest BCUT2D eigenvalue weighted by Gasteiger charge is -2.06. The molecule has 0 bridgehead atoms. The van der Waals surface area contributed by atoms with E-state index in [4.69, 9.17) is 0 Å². The standard InChI is InChI=1S/C15H20N2O3.C2H6/c1-11(18)9-10-16-15(20)8-5-13-3-6-14(7-4-13)17-12(2)19;1-2/h3-4,6-7H,5,8-10H2,1-2H3,(H,16,20)(H,17,19);1-2H3. The van der Waals surface area contributed by atoms with Crippen LogP contribution in [0.1, 0.15) is 46.1 Å². The van der Waals surface area contributed by atoms with E-state index in [0.29, 0.717) is 25.8 Å². The highest BCUT2D eigenvalue weighted by molar-refractivity contribution is 5.88. The topological polar surface area (TPSA) is 75.3 Å². The molecule has 0 aliphatic rings. The summed E-state index contributed by atoms with van der Waals surface area (Å²) in [5, 5.41) is 5.39. The average molecular weight is 306 g/mol. The summed E-state index contributed by atoms with van der Waals surface area (Å²) in [6, 6.07) is 7.39. The Hall–Kier alpha value is -2.17. The van der Waals surface area contributed by atoms with Crippen LogP contribution in [0.5, 0.6) is 0 Å². The maximum absolute atomic E-state index is 11.5. The third-order valence-corrected chi connectivity index (χ3v) is 2.71. The predicted molar refractivity (Wildman–Crippen MR) is 88.7 cm³/mol. The summed E-state index contributed by atoms with van der Waals surface area (Å²) >= 11 is 0. The smallest absolute Gasteiger partial charge is 0.221 e. The average Bonchev–Trinajstić information content (AvgIpc) is 2.47. The van der Waals surface area contributed by atoms with Crippen LogP contribution in [-0.2, 0) is 20.8 Å². The van der Waals surface area contributed by atoms with E-state index >= 15 is 0 Å². The van der Waals surface area contributed by atoms with Gasteiger partial charge in [-0.05, 0) is 31.0 Å². The lowest BCUT2D eigenvalue weighted by atomic mass is 10.1. The van der Waals surface area contributed by atoms with E-state index < -0.39 is 0 Å². The van der Waals surface area contributed by atoms with Gasteiger partial charge in [-0.1, -0.05) is 26.0 Å². The van der Waals surface area contributed by atoms with Crippen LogP contribution in [0, 0.1) is 0 Å². The van der Waals surface area contributed by atoms with Crippen molar-refractivity contribution >= 4 is 23.3 Å². The molecule has 1 aromatic rings. The molecule has 5 nitrogen and oxygen atoms in total. The molecule has 1 aromatic carbocycles. The highest BCUT2D eigenvalue weighted by Crippen LogP contribution is 2.10. The maximum atomic E-state index is 11.5. The van der Waals surface area contributed by atoms with Gasteiger partial charge < -0.3 is 10.6 Å². The Morgan fingerprint density at radius 3 is 2.05 bits per heavy atom. The number of rotatable bonds is 7. The summed E-state index contributed by atoms with van der Waals surface area (Å²) in [6.45, 7) is 7.36. The van der Waals surface area contributed by atoms with Crippen molar-refractivity contribution in [2.75, 3.05) is 11.9 Å². The number of hydrogen-bond donors (Lipinski definition) is 2. The Morgan fingerprint density at radius 2 is 1.55 bits per heavy atom. The fourth-order valence-corrected chi connectivity index (χ4v) is 1.68. The molecule has 0 atom stereocenters. The van der Waals surface area contributed by atoms with Crippen molar-refractivity contribution in [2.45, 2.75) is 47.0 Å². The number of Topliss-reactive ketones (excluding diaryl/α,β-unsaturated/α-hetero) is 1. The molecule has 0 spiro atoms. The fraction of sp³-hybridized carbons (Fsp3) is 0.471. The number of carbonyl (C=O) groups excluding carboxylic acids is 3. The molecule has 0 aliphatic heterocycles. The van der Waals surface area contributed by atoms with Gasteiger partial charge in [0.05, 0.1) is 0 Å². The number of aryl methyl sites for hydroxylation is 1. The van der Waals surface area contributed by atoms with Gasteiger partial charge >= 0.3 is 0 Å². The lowest BCUT2D eigenvalue weighted by Crippen LogP contribution is -2.25. The van der Waals surface area contributed by atoms with Gasteiger partial charge in [0.15, 0.2) is 0 Å². The first-order valence-electron chi connectivity index (χ1n) is 7.60. The van der Waals surface area contributed by atoms with Crippen LogP contribution in [-0.4, -0.2) is 24.1 Å². The molecule has 2 N–H and O–H groups in total. The minimum absolute atomic E-state index is 0.0582. The van der Waals surface area contributed by atoms with Crippen LogP contribution in [0.25, 0.3) is 0 Å². The number of benzene rings is 1. The largest absolute Gasteiger partial charge is 0.356 e. The number of amides is 2. The third-order valence-electron chi connectivity index (χ3n) is 2.71. The molecule has 0 saturated heterocycles. The number of carbonyl (C=O) groups is 3. The molecule has 0 unspecified atom stereocenters. The zero-order valence-corrected chi connectivity index (χ0v) is 13.9. The van der Waals surface area contributed by atoms with Gasteiger partial charge in [-0.3, -0.25) is 14.4 Å². The first-order chi connectivity index (χ1) is 10.5. The number of anilines is 1. The molecule has 22 heavy (non-hydrogen) atoms. The van der Waals surface area contributed by atoms with Crippen LogP contribution in [0.3, 0.4) is 0 Å². The van der Waals surface area contributed by atoms with E-state index in [1.807, 2.05) is 38.1 Å². The van der Waals surface area contributed by atoms with Gasteiger partial charge in [-0.15, -0.1) is 0 Å². The van der Waals surface area contributed by atoms with Crippen molar-refractivity contribution in [1.29, 1.82) is 0 Å². The van der Waals surface area contributed by atoms with Crippen molar-refractivity contribution in [2.24, 2.45) is 0 Å². The second-order valence-electron chi connectivity index (χ2n) is 4.68. The highest BCUT2D eigenvalue weighted by Gasteiger charge is 2.03. The minimum atomic E-state index is -0.109. The zero-order valence-electron chi connectivity index (χ0n) is 13.9. The Kier molecular flexibility index (Phi) is 10.4. The predicted octanol–water partition coefficient (Wildman–Crippen LogP) is 2.70. The quantitative estimate of drug-likeness (QED) is 0.813. The first kappa shape index (κ1) is 19.8. The van der Waals surface area contributed by atoms with E-state index in [2.05, 4.69) is 10.6 Å². The molecule has 0 saturated carbocycles. The van der Waals surface area contributed by atoms with Gasteiger partial charge in [-0.2, -0.15) is 0 Å². The Bertz CT molecular complexity index is 481. The normalized spacial score (nSPS) is 9.27. The van der Waals surface area contributed by atoms with E-state index in [1.54, 1.807) is 0 Å².